The maximum atomic E-state index is 12.7. The maximum absolute atomic E-state index is 12.7. The molecule has 6 heteroatoms. The van der Waals surface area contributed by atoms with Crippen molar-refractivity contribution in [1.29, 1.82) is 0 Å². The molecule has 0 atom stereocenters. The monoisotopic (exact) mass is 365 g/mol. The second kappa shape index (κ2) is 8.87. The Morgan fingerprint density at radius 2 is 1.62 bits per heavy atom. The molecule has 0 aromatic carbocycles. The summed E-state index contributed by atoms with van der Waals surface area (Å²) in [6.07, 6.45) is 5.53. The van der Waals surface area contributed by atoms with Crippen LogP contribution >= 0.6 is 0 Å². The summed E-state index contributed by atoms with van der Waals surface area (Å²) in [5, 5.41) is 2.87. The third-order valence-electron chi connectivity index (χ3n) is 5.56. The Morgan fingerprint density at radius 3 is 2.12 bits per heavy atom. The molecule has 1 N–H and O–H groups in total. The number of imide groups is 1. The molecule has 26 heavy (non-hydrogen) atoms. The Morgan fingerprint density at radius 1 is 1.08 bits per heavy atom. The van der Waals surface area contributed by atoms with E-state index < -0.39 is 5.54 Å². The molecule has 1 saturated carbocycles. The maximum Gasteiger partial charge on any atom is 0.325 e. The molecule has 2 aliphatic rings. The van der Waals surface area contributed by atoms with Gasteiger partial charge in [0, 0.05) is 26.1 Å². The van der Waals surface area contributed by atoms with Gasteiger partial charge in [0.25, 0.3) is 5.91 Å². The molecule has 4 amide bonds. The van der Waals surface area contributed by atoms with E-state index in [2.05, 4.69) is 33.0 Å². The van der Waals surface area contributed by atoms with E-state index >= 15 is 0 Å². The number of nitrogens with zero attached hydrogens (tertiary/aromatic N) is 2. The van der Waals surface area contributed by atoms with Crippen LogP contribution < -0.4 is 5.32 Å². The molecule has 0 aromatic rings. The molecular formula is C20H35N3O3. The summed E-state index contributed by atoms with van der Waals surface area (Å²) in [6.45, 7) is 10.3. The average Bonchev–Trinajstić information content (AvgIpc) is 3.11. The number of hydrogen-bond donors (Lipinski definition) is 1. The first-order chi connectivity index (χ1) is 12.2. The number of carbonyl (C=O) groups is 3. The number of amides is 4. The van der Waals surface area contributed by atoms with Crippen LogP contribution in [0.1, 0.15) is 72.6 Å². The van der Waals surface area contributed by atoms with Gasteiger partial charge in [-0.1, -0.05) is 40.5 Å². The summed E-state index contributed by atoms with van der Waals surface area (Å²) < 4.78 is 0. The van der Waals surface area contributed by atoms with Crippen molar-refractivity contribution in [2.45, 2.75) is 78.2 Å². The third kappa shape index (κ3) is 4.98. The lowest BCUT2D eigenvalue weighted by Crippen LogP contribution is -2.44. The number of hydrogen-bond acceptors (Lipinski definition) is 3. The van der Waals surface area contributed by atoms with Crippen LogP contribution in [-0.4, -0.2) is 52.8 Å². The van der Waals surface area contributed by atoms with Crippen LogP contribution in [0, 0.1) is 11.8 Å². The lowest BCUT2D eigenvalue weighted by molar-refractivity contribution is -0.133. The van der Waals surface area contributed by atoms with Gasteiger partial charge < -0.3 is 10.2 Å². The van der Waals surface area contributed by atoms with Gasteiger partial charge in [0.2, 0.25) is 5.91 Å². The molecule has 0 bridgehead atoms. The van der Waals surface area contributed by atoms with Crippen molar-refractivity contribution in [2.75, 3.05) is 19.6 Å². The predicted molar refractivity (Wildman–Crippen MR) is 102 cm³/mol. The standard InChI is InChI=1S/C20H35N3O3/c1-15(2)7-12-22(13-8-16(3)4)17(24)9-14-23-18(25)20(21-19(23)26)10-5-6-11-20/h15-16H,5-14H2,1-4H3,(H,21,26). The van der Waals surface area contributed by atoms with Gasteiger partial charge in [0.1, 0.15) is 5.54 Å². The first kappa shape index (κ1) is 20.7. The summed E-state index contributed by atoms with van der Waals surface area (Å²) in [7, 11) is 0. The van der Waals surface area contributed by atoms with Crippen molar-refractivity contribution in [3.63, 3.8) is 0 Å². The second-order valence-corrected chi connectivity index (χ2v) is 8.67. The lowest BCUT2D eigenvalue weighted by Gasteiger charge is -2.25. The highest BCUT2D eigenvalue weighted by Crippen LogP contribution is 2.35. The van der Waals surface area contributed by atoms with E-state index in [1.165, 1.54) is 4.90 Å². The second-order valence-electron chi connectivity index (χ2n) is 8.67. The van der Waals surface area contributed by atoms with Crippen LogP contribution in [0.25, 0.3) is 0 Å². The van der Waals surface area contributed by atoms with Gasteiger partial charge in [-0.15, -0.1) is 0 Å². The summed E-state index contributed by atoms with van der Waals surface area (Å²) in [5.74, 6) is 0.984. The van der Waals surface area contributed by atoms with Gasteiger partial charge in [-0.2, -0.15) is 0 Å². The Balaban J connectivity index is 1.91. The minimum absolute atomic E-state index is 0.0410. The van der Waals surface area contributed by atoms with Crippen LogP contribution in [0.5, 0.6) is 0 Å². The fourth-order valence-electron chi connectivity index (χ4n) is 3.75. The molecule has 6 nitrogen and oxygen atoms in total. The van der Waals surface area contributed by atoms with Crippen molar-refractivity contribution in [3.05, 3.63) is 0 Å². The number of rotatable bonds is 9. The molecular weight excluding hydrogens is 330 g/mol. The van der Waals surface area contributed by atoms with Gasteiger partial charge in [0.05, 0.1) is 0 Å². The lowest BCUT2D eigenvalue weighted by atomic mass is 9.98. The molecule has 148 valence electrons. The van der Waals surface area contributed by atoms with E-state index in [1.807, 2.05) is 4.90 Å². The van der Waals surface area contributed by atoms with Crippen molar-refractivity contribution in [1.82, 2.24) is 15.1 Å². The summed E-state index contributed by atoms with van der Waals surface area (Å²) in [6, 6.07) is -0.333. The van der Waals surface area contributed by atoms with Crippen LogP contribution in [0.15, 0.2) is 0 Å². The quantitative estimate of drug-likeness (QED) is 0.638. The predicted octanol–water partition coefficient (Wildman–Crippen LogP) is 3.16. The summed E-state index contributed by atoms with van der Waals surface area (Å²) in [4.78, 5) is 40.8. The largest absolute Gasteiger partial charge is 0.343 e. The molecule has 2 rings (SSSR count). The van der Waals surface area contributed by atoms with Crippen molar-refractivity contribution in [2.24, 2.45) is 11.8 Å². The first-order valence-electron chi connectivity index (χ1n) is 10.2. The Hall–Kier alpha value is -1.59. The number of nitrogens with one attached hydrogen (secondary N) is 1. The fourth-order valence-corrected chi connectivity index (χ4v) is 3.75. The van der Waals surface area contributed by atoms with Gasteiger partial charge in [0.15, 0.2) is 0 Å². The SMILES string of the molecule is CC(C)CCN(CCC(C)C)C(=O)CCN1C(=O)NC2(CCCC2)C1=O. The van der Waals surface area contributed by atoms with Crippen LogP contribution in [0.3, 0.4) is 0 Å². The molecule has 0 radical (unpaired) electrons. The van der Waals surface area contributed by atoms with E-state index in [0.717, 1.165) is 51.6 Å². The number of urea groups is 1. The first-order valence-corrected chi connectivity index (χ1v) is 10.2. The third-order valence-corrected chi connectivity index (χ3v) is 5.56. The van der Waals surface area contributed by atoms with Crippen molar-refractivity contribution in [3.8, 4) is 0 Å². The van der Waals surface area contributed by atoms with Crippen molar-refractivity contribution < 1.29 is 14.4 Å². The Kier molecular flexibility index (Phi) is 7.07. The topological polar surface area (TPSA) is 69.7 Å². The molecule has 1 heterocycles. The molecule has 1 spiro atoms. The zero-order valence-corrected chi connectivity index (χ0v) is 16.8. The summed E-state index contributed by atoms with van der Waals surface area (Å²) in [5.41, 5.74) is -0.685. The van der Waals surface area contributed by atoms with E-state index in [0.29, 0.717) is 11.8 Å². The highest BCUT2D eigenvalue weighted by atomic mass is 16.2. The molecule has 1 aliphatic carbocycles. The molecule has 2 fully saturated rings. The fraction of sp³-hybridized carbons (Fsp3) is 0.850. The number of carbonyl (C=O) groups excluding carboxylic acids is 3. The van der Waals surface area contributed by atoms with Gasteiger partial charge in [-0.3, -0.25) is 14.5 Å². The normalized spacial score (nSPS) is 19.1. The minimum Gasteiger partial charge on any atom is -0.343 e. The summed E-state index contributed by atoms with van der Waals surface area (Å²) >= 11 is 0. The van der Waals surface area contributed by atoms with Gasteiger partial charge in [-0.05, 0) is 37.5 Å². The zero-order valence-electron chi connectivity index (χ0n) is 16.8. The zero-order chi connectivity index (χ0) is 19.3. The molecule has 1 saturated heterocycles. The molecule has 0 unspecified atom stereocenters. The van der Waals surface area contributed by atoms with Gasteiger partial charge in [-0.25, -0.2) is 4.79 Å². The van der Waals surface area contributed by atoms with E-state index in [4.69, 9.17) is 0 Å². The average molecular weight is 366 g/mol. The van der Waals surface area contributed by atoms with Crippen LogP contribution in [0.2, 0.25) is 0 Å². The van der Waals surface area contributed by atoms with Gasteiger partial charge >= 0.3 is 6.03 Å². The molecule has 0 aromatic heterocycles. The highest BCUT2D eigenvalue weighted by molar-refractivity contribution is 6.07. The van der Waals surface area contributed by atoms with E-state index in [1.54, 1.807) is 0 Å². The smallest absolute Gasteiger partial charge is 0.325 e. The van der Waals surface area contributed by atoms with E-state index in [-0.39, 0.29) is 30.8 Å². The minimum atomic E-state index is -0.685. The Labute approximate surface area is 157 Å². The van der Waals surface area contributed by atoms with E-state index in [9.17, 15) is 14.4 Å². The molecule has 1 aliphatic heterocycles. The highest BCUT2D eigenvalue weighted by Gasteiger charge is 2.52. The van der Waals surface area contributed by atoms with Crippen LogP contribution in [0.4, 0.5) is 4.79 Å². The van der Waals surface area contributed by atoms with Crippen LogP contribution in [-0.2, 0) is 9.59 Å². The Bertz CT molecular complexity index is 512. The van der Waals surface area contributed by atoms with Crippen molar-refractivity contribution >= 4 is 17.8 Å².